The molecule has 0 saturated heterocycles. The topological polar surface area (TPSA) is 108 Å². The van der Waals surface area contributed by atoms with E-state index >= 15 is 0 Å². The van der Waals surface area contributed by atoms with E-state index in [4.69, 9.17) is 5.26 Å². The fourth-order valence-electron chi connectivity index (χ4n) is 1.97. The summed E-state index contributed by atoms with van der Waals surface area (Å²) in [5, 5.41) is 25.4. The number of rotatable bonds is 6. The number of halogens is 1. The van der Waals surface area contributed by atoms with Crippen LogP contribution in [0.4, 0.5) is 17.1 Å². The van der Waals surface area contributed by atoms with E-state index in [1.165, 1.54) is 18.2 Å². The molecule has 2 rings (SSSR count). The molecule has 0 atom stereocenters. The Bertz CT molecular complexity index is 800. The van der Waals surface area contributed by atoms with Crippen LogP contribution in [0, 0.1) is 21.4 Å². The van der Waals surface area contributed by atoms with Crippen LogP contribution in [0.1, 0.15) is 12.0 Å². The van der Waals surface area contributed by atoms with Crippen LogP contribution in [-0.4, -0.2) is 17.4 Å². The van der Waals surface area contributed by atoms with Crippen molar-refractivity contribution >= 4 is 38.9 Å². The van der Waals surface area contributed by atoms with Crippen molar-refractivity contribution in [1.29, 1.82) is 5.26 Å². The van der Waals surface area contributed by atoms with Gasteiger partial charge in [-0.3, -0.25) is 14.9 Å². The summed E-state index contributed by atoms with van der Waals surface area (Å²) in [6, 6.07) is 13.2. The Hall–Kier alpha value is -2.92. The maximum atomic E-state index is 11.9. The minimum absolute atomic E-state index is 0.146. The summed E-state index contributed by atoms with van der Waals surface area (Å²) in [5.41, 5.74) is 0.964. The molecule has 0 aromatic heterocycles. The highest BCUT2D eigenvalue weighted by atomic mass is 79.9. The van der Waals surface area contributed by atoms with Crippen molar-refractivity contribution in [3.8, 4) is 6.07 Å². The van der Waals surface area contributed by atoms with E-state index in [1.807, 2.05) is 18.2 Å². The van der Waals surface area contributed by atoms with E-state index in [-0.39, 0.29) is 35.8 Å². The first-order valence-electron chi connectivity index (χ1n) is 6.97. The van der Waals surface area contributed by atoms with Gasteiger partial charge in [-0.25, -0.2) is 0 Å². The average Bonchev–Trinajstić information content (AvgIpc) is 2.57. The van der Waals surface area contributed by atoms with Gasteiger partial charge in [0, 0.05) is 29.2 Å². The lowest BCUT2D eigenvalue weighted by Gasteiger charge is -2.08. The van der Waals surface area contributed by atoms with Crippen molar-refractivity contribution in [2.45, 2.75) is 6.42 Å². The van der Waals surface area contributed by atoms with Crippen LogP contribution in [0.15, 0.2) is 46.9 Å². The number of anilines is 2. The number of amides is 1. The molecule has 122 valence electrons. The van der Waals surface area contributed by atoms with E-state index in [0.717, 1.165) is 4.47 Å². The molecule has 0 heterocycles. The average molecular weight is 389 g/mol. The van der Waals surface area contributed by atoms with E-state index in [1.54, 1.807) is 12.1 Å². The molecule has 0 saturated carbocycles. The molecule has 8 heteroatoms. The Morgan fingerprint density at radius 2 is 1.96 bits per heavy atom. The summed E-state index contributed by atoms with van der Waals surface area (Å²) in [7, 11) is 0. The number of hydrogen-bond donors (Lipinski definition) is 2. The van der Waals surface area contributed by atoms with Gasteiger partial charge in [0.25, 0.3) is 5.69 Å². The normalized spacial score (nSPS) is 9.83. The van der Waals surface area contributed by atoms with E-state index in [0.29, 0.717) is 5.69 Å². The Morgan fingerprint density at radius 3 is 2.58 bits per heavy atom. The lowest BCUT2D eigenvalue weighted by atomic mass is 10.2. The first-order valence-corrected chi connectivity index (χ1v) is 7.76. The minimum atomic E-state index is -0.564. The smallest absolute Gasteiger partial charge is 0.293 e. The summed E-state index contributed by atoms with van der Waals surface area (Å²) < 4.78 is 0.912. The summed E-state index contributed by atoms with van der Waals surface area (Å²) in [6.45, 7) is 0.231. The predicted octanol–water partition coefficient (Wildman–Crippen LogP) is 3.67. The minimum Gasteiger partial charge on any atom is -0.379 e. The number of nitro groups is 1. The second-order valence-corrected chi connectivity index (χ2v) is 5.75. The van der Waals surface area contributed by atoms with Crippen molar-refractivity contribution in [3.63, 3.8) is 0 Å². The van der Waals surface area contributed by atoms with Crippen molar-refractivity contribution in [2.24, 2.45) is 0 Å². The van der Waals surface area contributed by atoms with Gasteiger partial charge in [0.05, 0.1) is 16.6 Å². The molecule has 0 spiro atoms. The third-order valence-electron chi connectivity index (χ3n) is 3.12. The number of nitrogens with one attached hydrogen (secondary N) is 2. The molecule has 7 nitrogen and oxygen atoms in total. The zero-order valence-electron chi connectivity index (χ0n) is 12.5. The molecule has 0 radical (unpaired) electrons. The maximum Gasteiger partial charge on any atom is 0.293 e. The van der Waals surface area contributed by atoms with E-state index in [9.17, 15) is 14.9 Å². The van der Waals surface area contributed by atoms with Gasteiger partial charge in [0.2, 0.25) is 5.91 Å². The molecule has 0 aliphatic rings. The Balaban J connectivity index is 1.92. The van der Waals surface area contributed by atoms with Crippen LogP contribution in [0.2, 0.25) is 0 Å². The Labute approximate surface area is 146 Å². The Kier molecular flexibility index (Phi) is 5.87. The highest BCUT2D eigenvalue weighted by molar-refractivity contribution is 9.10. The van der Waals surface area contributed by atoms with E-state index < -0.39 is 4.92 Å². The monoisotopic (exact) mass is 388 g/mol. The summed E-state index contributed by atoms with van der Waals surface area (Å²) >= 11 is 3.31. The van der Waals surface area contributed by atoms with Crippen molar-refractivity contribution in [1.82, 2.24) is 0 Å². The van der Waals surface area contributed by atoms with Crippen LogP contribution < -0.4 is 10.6 Å². The molecule has 0 unspecified atom stereocenters. The largest absolute Gasteiger partial charge is 0.379 e. The molecule has 2 aromatic rings. The van der Waals surface area contributed by atoms with Crippen LogP contribution in [0.25, 0.3) is 0 Å². The molecular formula is C16H13BrN4O3. The zero-order chi connectivity index (χ0) is 17.5. The second kappa shape index (κ2) is 8.08. The molecule has 0 aliphatic carbocycles. The number of nitriles is 1. The summed E-state index contributed by atoms with van der Waals surface area (Å²) in [5.74, 6) is -0.207. The van der Waals surface area contributed by atoms with Crippen LogP contribution in [0.5, 0.6) is 0 Å². The zero-order valence-corrected chi connectivity index (χ0v) is 14.0. The van der Waals surface area contributed by atoms with Gasteiger partial charge in [0.15, 0.2) is 0 Å². The van der Waals surface area contributed by atoms with Gasteiger partial charge in [0.1, 0.15) is 5.69 Å². The van der Waals surface area contributed by atoms with Gasteiger partial charge >= 0.3 is 0 Å². The second-order valence-electron chi connectivity index (χ2n) is 4.83. The van der Waals surface area contributed by atoms with Crippen molar-refractivity contribution in [3.05, 3.63) is 62.6 Å². The van der Waals surface area contributed by atoms with Gasteiger partial charge in [-0.15, -0.1) is 0 Å². The third kappa shape index (κ3) is 4.79. The van der Waals surface area contributed by atoms with Crippen LogP contribution in [-0.2, 0) is 4.79 Å². The standard InChI is InChI=1S/C16H13BrN4O3/c17-12-2-4-13(5-3-12)20-16(22)7-8-19-14-6-1-11(10-18)9-15(14)21(23)24/h1-6,9,19H,7-8H2,(H,20,22). The first kappa shape index (κ1) is 17.4. The van der Waals surface area contributed by atoms with Crippen molar-refractivity contribution in [2.75, 3.05) is 17.2 Å². The Morgan fingerprint density at radius 1 is 1.25 bits per heavy atom. The molecule has 0 aliphatic heterocycles. The first-order chi connectivity index (χ1) is 11.5. The fraction of sp³-hybridized carbons (Fsp3) is 0.125. The highest BCUT2D eigenvalue weighted by Gasteiger charge is 2.14. The molecule has 0 bridgehead atoms. The van der Waals surface area contributed by atoms with E-state index in [2.05, 4.69) is 26.6 Å². The van der Waals surface area contributed by atoms with Crippen molar-refractivity contribution < 1.29 is 9.72 Å². The quantitative estimate of drug-likeness (QED) is 0.579. The fourth-order valence-corrected chi connectivity index (χ4v) is 2.23. The number of hydrogen-bond acceptors (Lipinski definition) is 5. The summed E-state index contributed by atoms with van der Waals surface area (Å²) in [6.07, 6.45) is 0.146. The number of carbonyl (C=O) groups excluding carboxylic acids is 1. The maximum absolute atomic E-state index is 11.9. The highest BCUT2D eigenvalue weighted by Crippen LogP contribution is 2.25. The SMILES string of the molecule is N#Cc1ccc(NCCC(=O)Nc2ccc(Br)cc2)c([N+](=O)[O-])c1. The lowest BCUT2D eigenvalue weighted by Crippen LogP contribution is -2.16. The third-order valence-corrected chi connectivity index (χ3v) is 3.65. The molecule has 24 heavy (non-hydrogen) atoms. The predicted molar refractivity (Wildman–Crippen MR) is 93.7 cm³/mol. The molecule has 0 fully saturated rings. The number of carbonyl (C=O) groups is 1. The van der Waals surface area contributed by atoms with Crippen LogP contribution in [0.3, 0.4) is 0 Å². The molecule has 2 N–H and O–H groups in total. The number of nitro benzene ring substituents is 1. The van der Waals surface area contributed by atoms with Gasteiger partial charge in [-0.2, -0.15) is 5.26 Å². The van der Waals surface area contributed by atoms with Gasteiger partial charge in [-0.05, 0) is 36.4 Å². The molecular weight excluding hydrogens is 376 g/mol. The number of benzene rings is 2. The molecule has 1 amide bonds. The van der Waals surface area contributed by atoms with Gasteiger partial charge < -0.3 is 10.6 Å². The molecule has 2 aromatic carbocycles. The van der Waals surface area contributed by atoms with Crippen LogP contribution >= 0.6 is 15.9 Å². The van der Waals surface area contributed by atoms with Gasteiger partial charge in [-0.1, -0.05) is 15.9 Å². The lowest BCUT2D eigenvalue weighted by molar-refractivity contribution is -0.384. The summed E-state index contributed by atoms with van der Waals surface area (Å²) in [4.78, 5) is 22.3. The number of nitrogens with zero attached hydrogens (tertiary/aromatic N) is 2.